The van der Waals surface area contributed by atoms with Crippen LogP contribution < -0.4 is 0 Å². The molecule has 0 aliphatic rings. The standard InChI is InChI=1S/C6H10FN3S/c1-2-5-8-6(10-9-5)11-4-3-7/h2-4H2,1H3,(H,8,9,10). The van der Waals surface area contributed by atoms with Crippen LogP contribution >= 0.6 is 11.8 Å². The average molecular weight is 175 g/mol. The third kappa shape index (κ3) is 2.49. The lowest BCUT2D eigenvalue weighted by molar-refractivity contribution is 0.532. The van der Waals surface area contributed by atoms with Gasteiger partial charge in [0.1, 0.15) is 5.82 Å². The van der Waals surface area contributed by atoms with E-state index in [4.69, 9.17) is 0 Å². The van der Waals surface area contributed by atoms with Crippen molar-refractivity contribution in [1.29, 1.82) is 0 Å². The molecule has 0 aromatic carbocycles. The second kappa shape index (κ2) is 4.33. The first kappa shape index (κ1) is 8.52. The maximum absolute atomic E-state index is 11.7. The average Bonchev–Trinajstić information content (AvgIpc) is 2.48. The number of aromatic amines is 1. The largest absolute Gasteiger partial charge is 0.262 e. The van der Waals surface area contributed by atoms with Gasteiger partial charge in [-0.1, -0.05) is 18.7 Å². The fourth-order valence-corrected chi connectivity index (χ4v) is 1.17. The van der Waals surface area contributed by atoms with Crippen molar-refractivity contribution in [3.63, 3.8) is 0 Å². The van der Waals surface area contributed by atoms with Crippen LogP contribution in [0.2, 0.25) is 0 Å². The molecule has 1 rings (SSSR count). The van der Waals surface area contributed by atoms with E-state index in [1.54, 1.807) is 0 Å². The lowest BCUT2D eigenvalue weighted by Gasteiger charge is -1.87. The number of thioether (sulfide) groups is 1. The summed E-state index contributed by atoms with van der Waals surface area (Å²) in [6.45, 7) is 1.66. The molecule has 0 saturated heterocycles. The van der Waals surface area contributed by atoms with E-state index >= 15 is 0 Å². The van der Waals surface area contributed by atoms with E-state index in [1.165, 1.54) is 11.8 Å². The van der Waals surface area contributed by atoms with E-state index in [2.05, 4.69) is 15.2 Å². The molecule has 62 valence electrons. The van der Waals surface area contributed by atoms with Gasteiger partial charge in [0.25, 0.3) is 0 Å². The third-order valence-electron chi connectivity index (χ3n) is 1.15. The number of aromatic nitrogens is 3. The fourth-order valence-electron chi connectivity index (χ4n) is 0.630. The van der Waals surface area contributed by atoms with Crippen LogP contribution in [-0.2, 0) is 6.42 Å². The molecule has 11 heavy (non-hydrogen) atoms. The number of aryl methyl sites for hydroxylation is 1. The van der Waals surface area contributed by atoms with Gasteiger partial charge in [-0.2, -0.15) is 0 Å². The molecule has 0 atom stereocenters. The minimum atomic E-state index is -0.333. The third-order valence-corrected chi connectivity index (χ3v) is 1.95. The molecular weight excluding hydrogens is 165 g/mol. The summed E-state index contributed by atoms with van der Waals surface area (Å²) in [5, 5.41) is 7.28. The van der Waals surface area contributed by atoms with Gasteiger partial charge in [0.05, 0.1) is 6.67 Å². The predicted octanol–water partition coefficient (Wildman–Crippen LogP) is 1.43. The summed E-state index contributed by atoms with van der Waals surface area (Å²) < 4.78 is 11.7. The zero-order valence-corrected chi connectivity index (χ0v) is 7.12. The summed E-state index contributed by atoms with van der Waals surface area (Å²) in [5.74, 6) is 1.28. The predicted molar refractivity (Wildman–Crippen MR) is 42.5 cm³/mol. The van der Waals surface area contributed by atoms with Gasteiger partial charge in [-0.15, -0.1) is 5.10 Å². The number of H-pyrrole nitrogens is 1. The molecule has 0 fully saturated rings. The summed E-state index contributed by atoms with van der Waals surface area (Å²) in [5.41, 5.74) is 0. The van der Waals surface area contributed by atoms with E-state index in [0.717, 1.165) is 12.2 Å². The van der Waals surface area contributed by atoms with Crippen molar-refractivity contribution in [2.24, 2.45) is 0 Å². The normalized spacial score (nSPS) is 10.4. The first-order valence-corrected chi connectivity index (χ1v) is 4.45. The summed E-state index contributed by atoms with van der Waals surface area (Å²) in [7, 11) is 0. The Morgan fingerprint density at radius 1 is 1.64 bits per heavy atom. The van der Waals surface area contributed by atoms with Crippen molar-refractivity contribution in [3.8, 4) is 0 Å². The molecule has 0 saturated carbocycles. The molecule has 0 amide bonds. The van der Waals surface area contributed by atoms with Crippen LogP contribution in [0, 0.1) is 0 Å². The lowest BCUT2D eigenvalue weighted by Crippen LogP contribution is -1.83. The van der Waals surface area contributed by atoms with Crippen molar-refractivity contribution in [1.82, 2.24) is 15.2 Å². The number of halogens is 1. The highest BCUT2D eigenvalue weighted by Crippen LogP contribution is 2.11. The summed E-state index contributed by atoms with van der Waals surface area (Å²) in [6.07, 6.45) is 0.836. The Labute approximate surface area is 68.8 Å². The molecule has 1 aromatic heterocycles. The maximum Gasteiger partial charge on any atom is 0.208 e. The van der Waals surface area contributed by atoms with Crippen LogP contribution in [0.25, 0.3) is 0 Å². The van der Waals surface area contributed by atoms with Gasteiger partial charge < -0.3 is 0 Å². The number of alkyl halides is 1. The number of hydrogen-bond donors (Lipinski definition) is 1. The molecule has 3 nitrogen and oxygen atoms in total. The van der Waals surface area contributed by atoms with E-state index in [9.17, 15) is 4.39 Å². The lowest BCUT2D eigenvalue weighted by atomic mass is 10.5. The molecule has 0 aliphatic carbocycles. The first-order valence-electron chi connectivity index (χ1n) is 3.47. The van der Waals surface area contributed by atoms with Crippen molar-refractivity contribution in [3.05, 3.63) is 5.82 Å². The van der Waals surface area contributed by atoms with Crippen LogP contribution in [0.5, 0.6) is 0 Å². The summed E-state index contributed by atoms with van der Waals surface area (Å²) in [6, 6.07) is 0. The van der Waals surface area contributed by atoms with Gasteiger partial charge >= 0.3 is 0 Å². The van der Waals surface area contributed by atoms with E-state index in [0.29, 0.717) is 10.9 Å². The number of rotatable bonds is 4. The molecule has 0 unspecified atom stereocenters. The number of nitrogens with zero attached hydrogens (tertiary/aromatic N) is 2. The van der Waals surface area contributed by atoms with Gasteiger partial charge in [-0.3, -0.25) is 9.49 Å². The van der Waals surface area contributed by atoms with Crippen LogP contribution in [0.4, 0.5) is 4.39 Å². The Morgan fingerprint density at radius 3 is 3.00 bits per heavy atom. The second-order valence-corrected chi connectivity index (χ2v) is 3.02. The first-order chi connectivity index (χ1) is 5.36. The zero-order valence-electron chi connectivity index (χ0n) is 6.30. The Balaban J connectivity index is 2.44. The SMILES string of the molecule is CCc1nc(SCCF)n[nH]1. The van der Waals surface area contributed by atoms with Crippen LogP contribution in [0.1, 0.15) is 12.7 Å². The molecule has 1 heterocycles. The molecule has 1 N–H and O–H groups in total. The second-order valence-electron chi connectivity index (χ2n) is 1.96. The minimum Gasteiger partial charge on any atom is -0.262 e. The molecule has 0 bridgehead atoms. The van der Waals surface area contributed by atoms with Crippen molar-refractivity contribution < 1.29 is 4.39 Å². The fraction of sp³-hybridized carbons (Fsp3) is 0.667. The van der Waals surface area contributed by atoms with E-state index in [1.807, 2.05) is 6.92 Å². The van der Waals surface area contributed by atoms with Crippen LogP contribution in [0.3, 0.4) is 0 Å². The monoisotopic (exact) mass is 175 g/mol. The number of hydrogen-bond acceptors (Lipinski definition) is 3. The number of nitrogens with one attached hydrogen (secondary N) is 1. The highest BCUT2D eigenvalue weighted by molar-refractivity contribution is 7.99. The quantitative estimate of drug-likeness (QED) is 0.704. The van der Waals surface area contributed by atoms with E-state index < -0.39 is 0 Å². The maximum atomic E-state index is 11.7. The Hall–Kier alpha value is -0.580. The smallest absolute Gasteiger partial charge is 0.208 e. The zero-order chi connectivity index (χ0) is 8.10. The van der Waals surface area contributed by atoms with Crippen LogP contribution in [-0.4, -0.2) is 27.6 Å². The Bertz CT molecular complexity index is 213. The molecule has 0 spiro atoms. The highest BCUT2D eigenvalue weighted by Gasteiger charge is 2.00. The van der Waals surface area contributed by atoms with Crippen LogP contribution in [0.15, 0.2) is 5.16 Å². The molecule has 5 heteroatoms. The van der Waals surface area contributed by atoms with E-state index in [-0.39, 0.29) is 6.67 Å². The Morgan fingerprint density at radius 2 is 2.45 bits per heavy atom. The molecular formula is C6H10FN3S. The van der Waals surface area contributed by atoms with Crippen molar-refractivity contribution in [2.75, 3.05) is 12.4 Å². The van der Waals surface area contributed by atoms with Gasteiger partial charge in [0.2, 0.25) is 5.16 Å². The highest BCUT2D eigenvalue weighted by atomic mass is 32.2. The van der Waals surface area contributed by atoms with Crippen molar-refractivity contribution in [2.45, 2.75) is 18.5 Å². The van der Waals surface area contributed by atoms with Gasteiger partial charge in [-0.05, 0) is 0 Å². The molecule has 1 aromatic rings. The van der Waals surface area contributed by atoms with Gasteiger partial charge in [0, 0.05) is 12.2 Å². The van der Waals surface area contributed by atoms with Crippen molar-refractivity contribution >= 4 is 11.8 Å². The summed E-state index contributed by atoms with van der Waals surface area (Å²) in [4.78, 5) is 4.10. The molecule has 0 aliphatic heterocycles. The topological polar surface area (TPSA) is 41.6 Å². The van der Waals surface area contributed by atoms with Gasteiger partial charge in [0.15, 0.2) is 0 Å². The minimum absolute atomic E-state index is 0.333. The van der Waals surface area contributed by atoms with Gasteiger partial charge in [-0.25, -0.2) is 4.98 Å². The summed E-state index contributed by atoms with van der Waals surface area (Å²) >= 11 is 1.33. The molecule has 0 radical (unpaired) electrons. The Kier molecular flexibility index (Phi) is 3.35.